The summed E-state index contributed by atoms with van der Waals surface area (Å²) in [6.07, 6.45) is 5.61. The molecule has 1 aliphatic carbocycles. The van der Waals surface area contributed by atoms with Gasteiger partial charge in [-0.2, -0.15) is 0 Å². The summed E-state index contributed by atoms with van der Waals surface area (Å²) in [5.41, 5.74) is 3.24. The minimum atomic E-state index is -0.932. The second kappa shape index (κ2) is 8.96. The van der Waals surface area contributed by atoms with Gasteiger partial charge in [0.15, 0.2) is 0 Å². The van der Waals surface area contributed by atoms with Gasteiger partial charge in [-0.25, -0.2) is 4.79 Å². The normalized spacial score (nSPS) is 17.8. The van der Waals surface area contributed by atoms with Crippen LogP contribution in [-0.2, 0) is 9.59 Å². The van der Waals surface area contributed by atoms with Crippen LogP contribution in [0.25, 0.3) is 0 Å². The number of nitrogens with one attached hydrogen (secondary N) is 1. The lowest BCUT2D eigenvalue weighted by molar-refractivity contribution is -0.134. The molecular weight excluding hydrogens is 416 g/mol. The molecule has 1 spiro atoms. The highest BCUT2D eigenvalue weighted by Crippen LogP contribution is 2.43. The van der Waals surface area contributed by atoms with Gasteiger partial charge in [-0.3, -0.25) is 24.4 Å². The average molecular weight is 449 g/mol. The van der Waals surface area contributed by atoms with E-state index < -0.39 is 11.6 Å². The maximum Gasteiger partial charge on any atom is 0.332 e. The van der Waals surface area contributed by atoms with Gasteiger partial charge >= 0.3 is 6.03 Å². The van der Waals surface area contributed by atoms with Gasteiger partial charge in [-0.05, 0) is 55.9 Å². The number of carbonyl (C=O) groups excluding carboxylic acids is 3. The van der Waals surface area contributed by atoms with E-state index in [1.165, 1.54) is 0 Å². The van der Waals surface area contributed by atoms with Gasteiger partial charge in [0.25, 0.3) is 5.91 Å². The number of urea groups is 1. The minimum Gasteiger partial charge on any atom is -0.324 e. The van der Waals surface area contributed by atoms with Crippen LogP contribution >= 0.6 is 0 Å². The molecule has 2 aromatic rings. The summed E-state index contributed by atoms with van der Waals surface area (Å²) in [6.45, 7) is 7.65. The maximum absolute atomic E-state index is 13.6. The summed E-state index contributed by atoms with van der Waals surface area (Å²) >= 11 is 0. The highest BCUT2D eigenvalue weighted by molar-refractivity contribution is 6.18. The number of rotatable bonds is 5. The van der Waals surface area contributed by atoms with E-state index in [0.717, 1.165) is 46.7 Å². The number of para-hydroxylation sites is 1. The molecule has 7 heteroatoms. The van der Waals surface area contributed by atoms with Crippen LogP contribution in [0.2, 0.25) is 0 Å². The Morgan fingerprint density at radius 1 is 1.09 bits per heavy atom. The Labute approximate surface area is 195 Å². The first-order valence-corrected chi connectivity index (χ1v) is 11.7. The molecule has 0 atom stereocenters. The zero-order chi connectivity index (χ0) is 23.8. The van der Waals surface area contributed by atoms with Crippen molar-refractivity contribution in [1.82, 2.24) is 9.88 Å². The Kier molecular flexibility index (Phi) is 6.23. The fourth-order valence-corrected chi connectivity index (χ4v) is 5.07. The number of benzene rings is 1. The topological polar surface area (TPSA) is 82.6 Å². The Morgan fingerprint density at radius 3 is 2.45 bits per heavy atom. The van der Waals surface area contributed by atoms with Crippen molar-refractivity contribution in [2.24, 2.45) is 0 Å². The van der Waals surface area contributed by atoms with Gasteiger partial charge in [0.1, 0.15) is 12.1 Å². The summed E-state index contributed by atoms with van der Waals surface area (Å²) < 4.78 is 0. The van der Waals surface area contributed by atoms with Crippen LogP contribution in [0.1, 0.15) is 68.7 Å². The van der Waals surface area contributed by atoms with E-state index >= 15 is 0 Å². The van der Waals surface area contributed by atoms with Crippen molar-refractivity contribution in [3.8, 4) is 0 Å². The summed E-state index contributed by atoms with van der Waals surface area (Å²) in [6, 6.07) is 9.12. The lowest BCUT2D eigenvalue weighted by atomic mass is 9.80. The number of aryl methyl sites for hydroxylation is 2. The number of nitrogens with zero attached hydrogens (tertiary/aromatic N) is 3. The number of hydrogen-bond acceptors (Lipinski definition) is 4. The van der Waals surface area contributed by atoms with Gasteiger partial charge < -0.3 is 5.32 Å². The third kappa shape index (κ3) is 4.12. The van der Waals surface area contributed by atoms with Crippen LogP contribution in [0.4, 0.5) is 16.2 Å². The number of imide groups is 1. The lowest BCUT2D eigenvalue weighted by Gasteiger charge is -2.38. The van der Waals surface area contributed by atoms with Crippen molar-refractivity contribution in [3.05, 3.63) is 53.3 Å². The van der Waals surface area contributed by atoms with E-state index in [0.29, 0.717) is 18.5 Å². The molecule has 1 aromatic carbocycles. The zero-order valence-corrected chi connectivity index (χ0v) is 19.9. The molecule has 7 nitrogen and oxygen atoms in total. The van der Waals surface area contributed by atoms with E-state index in [1.54, 1.807) is 11.1 Å². The van der Waals surface area contributed by atoms with Crippen LogP contribution < -0.4 is 10.2 Å². The van der Waals surface area contributed by atoms with E-state index in [4.69, 9.17) is 0 Å². The molecule has 0 unspecified atom stereocenters. The fourth-order valence-electron chi connectivity index (χ4n) is 5.07. The molecule has 174 valence electrons. The largest absolute Gasteiger partial charge is 0.332 e. The molecule has 2 aliphatic rings. The number of aromatic nitrogens is 1. The van der Waals surface area contributed by atoms with E-state index in [2.05, 4.69) is 24.1 Å². The molecule has 1 saturated heterocycles. The van der Waals surface area contributed by atoms with Crippen LogP contribution in [0.5, 0.6) is 0 Å². The molecule has 1 aliphatic heterocycles. The number of carbonyl (C=O) groups is 3. The van der Waals surface area contributed by atoms with Crippen molar-refractivity contribution in [2.45, 2.75) is 71.3 Å². The Bertz CT molecular complexity index is 1070. The third-order valence-corrected chi connectivity index (χ3v) is 6.82. The first-order valence-electron chi connectivity index (χ1n) is 11.7. The van der Waals surface area contributed by atoms with Crippen LogP contribution in [-0.4, -0.2) is 39.8 Å². The van der Waals surface area contributed by atoms with Gasteiger partial charge in [0, 0.05) is 11.4 Å². The molecule has 2 heterocycles. The van der Waals surface area contributed by atoms with Gasteiger partial charge in [0.2, 0.25) is 5.91 Å². The Balaban J connectivity index is 1.62. The maximum atomic E-state index is 13.6. The number of pyridine rings is 1. The van der Waals surface area contributed by atoms with Crippen molar-refractivity contribution >= 4 is 29.2 Å². The summed E-state index contributed by atoms with van der Waals surface area (Å²) in [5.74, 6) is -0.426. The van der Waals surface area contributed by atoms with Gasteiger partial charge in [-0.1, -0.05) is 51.3 Å². The number of hydrogen-bond donors (Lipinski definition) is 1. The predicted octanol–water partition coefficient (Wildman–Crippen LogP) is 4.93. The van der Waals surface area contributed by atoms with Crippen molar-refractivity contribution in [1.29, 1.82) is 0 Å². The fraction of sp³-hybridized carbons (Fsp3) is 0.462. The SMILES string of the molecule is Cc1ccc(N2C(=O)N(CC(=O)Nc3c(C)cccc3C(C)C)C(=O)C23CCCCC3)cn1. The number of anilines is 2. The highest BCUT2D eigenvalue weighted by Gasteiger charge is 2.58. The first kappa shape index (κ1) is 23.0. The van der Waals surface area contributed by atoms with Crippen molar-refractivity contribution in [3.63, 3.8) is 0 Å². The van der Waals surface area contributed by atoms with E-state index in [9.17, 15) is 14.4 Å². The zero-order valence-electron chi connectivity index (χ0n) is 19.9. The molecule has 1 aromatic heterocycles. The standard InChI is InChI=1S/C26H32N4O3/c1-17(2)21-10-8-9-18(3)23(21)28-22(31)16-29-24(32)26(13-6-5-7-14-26)30(25(29)33)20-12-11-19(4)27-15-20/h8-12,15,17H,5-7,13-14,16H2,1-4H3,(H,28,31). The third-order valence-electron chi connectivity index (χ3n) is 6.82. The van der Waals surface area contributed by atoms with Crippen molar-refractivity contribution < 1.29 is 14.4 Å². The van der Waals surface area contributed by atoms with Crippen molar-refractivity contribution in [2.75, 3.05) is 16.8 Å². The second-order valence-corrected chi connectivity index (χ2v) is 9.50. The van der Waals surface area contributed by atoms with Crippen LogP contribution in [0.3, 0.4) is 0 Å². The molecule has 4 rings (SSSR count). The molecule has 0 bridgehead atoms. The summed E-state index contributed by atoms with van der Waals surface area (Å²) in [7, 11) is 0. The summed E-state index contributed by atoms with van der Waals surface area (Å²) in [4.78, 5) is 47.3. The highest BCUT2D eigenvalue weighted by atomic mass is 16.2. The lowest BCUT2D eigenvalue weighted by Crippen LogP contribution is -2.51. The van der Waals surface area contributed by atoms with E-state index in [-0.39, 0.29) is 24.3 Å². The predicted molar refractivity (Wildman–Crippen MR) is 128 cm³/mol. The van der Waals surface area contributed by atoms with Gasteiger partial charge in [-0.15, -0.1) is 0 Å². The number of amides is 4. The first-order chi connectivity index (χ1) is 15.7. The molecule has 1 saturated carbocycles. The Hall–Kier alpha value is -3.22. The molecule has 4 amide bonds. The minimum absolute atomic E-state index is 0.227. The average Bonchev–Trinajstić information content (AvgIpc) is 2.97. The quantitative estimate of drug-likeness (QED) is 0.658. The van der Waals surface area contributed by atoms with Gasteiger partial charge in [0.05, 0.1) is 11.9 Å². The molecular formula is C26H32N4O3. The second-order valence-electron chi connectivity index (χ2n) is 9.50. The molecule has 1 N–H and O–H groups in total. The Morgan fingerprint density at radius 2 is 1.82 bits per heavy atom. The van der Waals surface area contributed by atoms with Crippen LogP contribution in [0, 0.1) is 13.8 Å². The molecule has 33 heavy (non-hydrogen) atoms. The van der Waals surface area contributed by atoms with E-state index in [1.807, 2.05) is 44.2 Å². The monoisotopic (exact) mass is 448 g/mol. The smallest absolute Gasteiger partial charge is 0.324 e. The molecule has 0 radical (unpaired) electrons. The van der Waals surface area contributed by atoms with Crippen LogP contribution in [0.15, 0.2) is 36.5 Å². The summed E-state index contributed by atoms with van der Waals surface area (Å²) in [5, 5.41) is 2.97. The molecule has 2 fully saturated rings.